The van der Waals surface area contributed by atoms with E-state index in [4.69, 9.17) is 5.41 Å². The topological polar surface area (TPSA) is 78.7 Å². The summed E-state index contributed by atoms with van der Waals surface area (Å²) in [5.74, 6) is 0.642. The van der Waals surface area contributed by atoms with Gasteiger partial charge in [0.05, 0.1) is 22.7 Å². The zero-order chi connectivity index (χ0) is 10.4. The van der Waals surface area contributed by atoms with E-state index < -0.39 is 0 Å². The number of nitrogens with one attached hydrogen (secondary N) is 2. The Bertz CT molecular complexity index is 606. The maximum atomic E-state index is 11.5. The van der Waals surface area contributed by atoms with Gasteiger partial charge in [-0.05, 0) is 12.1 Å². The molecule has 2 heterocycles. The SMILES string of the molecule is N=Cc1nc2c3c(cccc3n1)C(=O)N2. The highest BCUT2D eigenvalue weighted by molar-refractivity contribution is 6.22. The lowest BCUT2D eigenvalue weighted by atomic mass is 10.1. The van der Waals surface area contributed by atoms with Gasteiger partial charge in [0.15, 0.2) is 5.82 Å². The van der Waals surface area contributed by atoms with Gasteiger partial charge in [0.1, 0.15) is 5.82 Å². The number of benzene rings is 1. The molecule has 0 fully saturated rings. The molecule has 0 radical (unpaired) electrons. The highest BCUT2D eigenvalue weighted by atomic mass is 16.1. The number of aromatic nitrogens is 2. The van der Waals surface area contributed by atoms with Crippen molar-refractivity contribution in [1.82, 2.24) is 9.97 Å². The predicted molar refractivity (Wildman–Crippen MR) is 55.4 cm³/mol. The molecule has 1 aromatic carbocycles. The Labute approximate surface area is 84.7 Å². The molecule has 3 rings (SSSR count). The monoisotopic (exact) mass is 198 g/mol. The van der Waals surface area contributed by atoms with Crippen molar-refractivity contribution in [1.29, 1.82) is 5.41 Å². The van der Waals surface area contributed by atoms with Crippen LogP contribution in [-0.4, -0.2) is 22.1 Å². The maximum Gasteiger partial charge on any atom is 0.257 e. The van der Waals surface area contributed by atoms with Crippen LogP contribution in [0.5, 0.6) is 0 Å². The van der Waals surface area contributed by atoms with Gasteiger partial charge in [0, 0.05) is 0 Å². The molecule has 1 aliphatic heterocycles. The lowest BCUT2D eigenvalue weighted by Gasteiger charge is -1.99. The largest absolute Gasteiger partial charge is 0.306 e. The summed E-state index contributed by atoms with van der Waals surface area (Å²) in [4.78, 5) is 19.7. The predicted octanol–water partition coefficient (Wildman–Crippen LogP) is 1.19. The van der Waals surface area contributed by atoms with E-state index in [0.29, 0.717) is 22.7 Å². The molecule has 0 aliphatic carbocycles. The minimum absolute atomic E-state index is 0.160. The van der Waals surface area contributed by atoms with Crippen LogP contribution in [0.1, 0.15) is 16.2 Å². The summed E-state index contributed by atoms with van der Waals surface area (Å²) in [6, 6.07) is 5.31. The van der Waals surface area contributed by atoms with Gasteiger partial charge in [-0.15, -0.1) is 0 Å². The van der Waals surface area contributed by atoms with Crippen molar-refractivity contribution >= 4 is 28.8 Å². The van der Waals surface area contributed by atoms with E-state index in [2.05, 4.69) is 15.3 Å². The zero-order valence-electron chi connectivity index (χ0n) is 7.61. The van der Waals surface area contributed by atoms with E-state index in [1.165, 1.54) is 0 Å². The van der Waals surface area contributed by atoms with E-state index >= 15 is 0 Å². The van der Waals surface area contributed by atoms with Crippen LogP contribution in [0.3, 0.4) is 0 Å². The summed E-state index contributed by atoms with van der Waals surface area (Å²) in [6.45, 7) is 0. The zero-order valence-corrected chi connectivity index (χ0v) is 7.61. The Morgan fingerprint density at radius 1 is 1.33 bits per heavy atom. The van der Waals surface area contributed by atoms with Gasteiger partial charge in [-0.2, -0.15) is 0 Å². The summed E-state index contributed by atoms with van der Waals surface area (Å²) in [7, 11) is 0. The molecule has 2 aromatic rings. The Kier molecular flexibility index (Phi) is 1.39. The molecule has 5 heteroatoms. The smallest absolute Gasteiger partial charge is 0.257 e. The first-order valence-electron chi connectivity index (χ1n) is 4.42. The number of amides is 1. The van der Waals surface area contributed by atoms with Crippen LogP contribution < -0.4 is 5.32 Å². The molecule has 0 atom stereocenters. The van der Waals surface area contributed by atoms with Crippen LogP contribution in [0.4, 0.5) is 5.82 Å². The van der Waals surface area contributed by atoms with Crippen LogP contribution in [0.2, 0.25) is 0 Å². The van der Waals surface area contributed by atoms with Gasteiger partial charge >= 0.3 is 0 Å². The number of nitrogens with zero attached hydrogens (tertiary/aromatic N) is 2. The van der Waals surface area contributed by atoms with Crippen molar-refractivity contribution in [3.05, 3.63) is 29.6 Å². The first kappa shape index (κ1) is 8.05. The average Bonchev–Trinajstić information content (AvgIpc) is 2.58. The molecule has 5 nitrogen and oxygen atoms in total. The lowest BCUT2D eigenvalue weighted by molar-refractivity contribution is 0.103. The molecular weight excluding hydrogens is 192 g/mol. The molecule has 0 spiro atoms. The van der Waals surface area contributed by atoms with Crippen molar-refractivity contribution in [3.63, 3.8) is 0 Å². The molecule has 72 valence electrons. The fourth-order valence-electron chi connectivity index (χ4n) is 1.72. The Balaban J connectivity index is 2.49. The Hall–Kier alpha value is -2.30. The van der Waals surface area contributed by atoms with Gasteiger partial charge < -0.3 is 10.7 Å². The van der Waals surface area contributed by atoms with Crippen LogP contribution in [-0.2, 0) is 0 Å². The first-order chi connectivity index (χ1) is 7.29. The normalized spacial score (nSPS) is 12.9. The van der Waals surface area contributed by atoms with Crippen LogP contribution in [0.15, 0.2) is 18.2 Å². The van der Waals surface area contributed by atoms with Crippen LogP contribution in [0.25, 0.3) is 10.9 Å². The third-order valence-electron chi connectivity index (χ3n) is 2.35. The van der Waals surface area contributed by atoms with Gasteiger partial charge in [-0.25, -0.2) is 9.97 Å². The van der Waals surface area contributed by atoms with E-state index in [0.717, 1.165) is 11.6 Å². The Morgan fingerprint density at radius 2 is 2.20 bits per heavy atom. The second kappa shape index (κ2) is 2.60. The minimum atomic E-state index is -0.160. The highest BCUT2D eigenvalue weighted by Gasteiger charge is 2.23. The maximum absolute atomic E-state index is 11.5. The van der Waals surface area contributed by atoms with Gasteiger partial charge in [0.25, 0.3) is 5.91 Å². The third-order valence-corrected chi connectivity index (χ3v) is 2.35. The fraction of sp³-hybridized carbons (Fsp3) is 0. The van der Waals surface area contributed by atoms with Gasteiger partial charge in [-0.3, -0.25) is 4.79 Å². The van der Waals surface area contributed by atoms with E-state index in [1.54, 1.807) is 18.2 Å². The second-order valence-electron chi connectivity index (χ2n) is 3.23. The quantitative estimate of drug-likeness (QED) is 0.675. The molecule has 1 aromatic heterocycles. The molecule has 0 unspecified atom stereocenters. The average molecular weight is 198 g/mol. The number of carbonyl (C=O) groups is 1. The van der Waals surface area contributed by atoms with Crippen LogP contribution >= 0.6 is 0 Å². The molecule has 1 amide bonds. The summed E-state index contributed by atoms with van der Waals surface area (Å²) >= 11 is 0. The van der Waals surface area contributed by atoms with Gasteiger partial charge in [-0.1, -0.05) is 6.07 Å². The molecule has 2 N–H and O–H groups in total. The number of hydrogen-bond acceptors (Lipinski definition) is 4. The molecular formula is C10H6N4O. The van der Waals surface area contributed by atoms with E-state index in [9.17, 15) is 4.79 Å². The fourth-order valence-corrected chi connectivity index (χ4v) is 1.72. The first-order valence-corrected chi connectivity index (χ1v) is 4.42. The van der Waals surface area contributed by atoms with Gasteiger partial charge in [0.2, 0.25) is 0 Å². The number of rotatable bonds is 1. The Morgan fingerprint density at radius 3 is 3.00 bits per heavy atom. The van der Waals surface area contributed by atoms with Crippen molar-refractivity contribution in [2.45, 2.75) is 0 Å². The summed E-state index contributed by atoms with van der Waals surface area (Å²) < 4.78 is 0. The standard InChI is InChI=1S/C10H6N4O/c11-4-7-12-6-3-1-2-5-8(6)9(13-7)14-10(5)15/h1-4,11H,(H,12,13,14,15). The number of hydrogen-bond donors (Lipinski definition) is 2. The number of anilines is 1. The number of carbonyl (C=O) groups excluding carboxylic acids is 1. The van der Waals surface area contributed by atoms with Crippen molar-refractivity contribution in [2.75, 3.05) is 5.32 Å². The molecule has 1 aliphatic rings. The second-order valence-corrected chi connectivity index (χ2v) is 3.23. The minimum Gasteiger partial charge on any atom is -0.306 e. The molecule has 0 bridgehead atoms. The highest BCUT2D eigenvalue weighted by Crippen LogP contribution is 2.29. The van der Waals surface area contributed by atoms with E-state index in [-0.39, 0.29) is 5.91 Å². The summed E-state index contributed by atoms with van der Waals surface area (Å²) in [5.41, 5.74) is 1.29. The van der Waals surface area contributed by atoms with Crippen molar-refractivity contribution in [2.24, 2.45) is 0 Å². The van der Waals surface area contributed by atoms with E-state index in [1.807, 2.05) is 0 Å². The lowest BCUT2D eigenvalue weighted by Crippen LogP contribution is -2.05. The summed E-state index contributed by atoms with van der Waals surface area (Å²) in [6.07, 6.45) is 1.06. The van der Waals surface area contributed by atoms with Crippen molar-refractivity contribution in [3.8, 4) is 0 Å². The molecule has 15 heavy (non-hydrogen) atoms. The molecule has 0 saturated carbocycles. The summed E-state index contributed by atoms with van der Waals surface area (Å²) in [5, 5.41) is 10.5. The molecule has 0 saturated heterocycles. The third kappa shape index (κ3) is 0.969. The van der Waals surface area contributed by atoms with Crippen molar-refractivity contribution < 1.29 is 4.79 Å². The van der Waals surface area contributed by atoms with Crippen LogP contribution in [0, 0.1) is 5.41 Å².